The molecule has 0 unspecified atom stereocenters. The SMILES string of the molecule is Nc1ncc(NC(=O)COc2ccc(Cl)c(F)c2)cn1. The number of nitrogen functional groups attached to an aromatic ring is 1. The van der Waals surface area contributed by atoms with Gasteiger partial charge in [0, 0.05) is 6.07 Å². The van der Waals surface area contributed by atoms with Crippen molar-refractivity contribution >= 4 is 29.1 Å². The van der Waals surface area contributed by atoms with Crippen LogP contribution in [-0.4, -0.2) is 22.5 Å². The molecule has 0 aliphatic carbocycles. The summed E-state index contributed by atoms with van der Waals surface area (Å²) in [5.74, 6) is -0.739. The lowest BCUT2D eigenvalue weighted by Gasteiger charge is -2.07. The topological polar surface area (TPSA) is 90.1 Å². The van der Waals surface area contributed by atoms with Crippen LogP contribution in [0.2, 0.25) is 5.02 Å². The van der Waals surface area contributed by atoms with Crippen LogP contribution in [0.3, 0.4) is 0 Å². The molecule has 1 aromatic carbocycles. The molecule has 6 nitrogen and oxygen atoms in total. The minimum Gasteiger partial charge on any atom is -0.484 e. The first-order chi connectivity index (χ1) is 9.54. The molecule has 0 spiro atoms. The number of nitrogens with one attached hydrogen (secondary N) is 1. The summed E-state index contributed by atoms with van der Waals surface area (Å²) >= 11 is 5.53. The van der Waals surface area contributed by atoms with Gasteiger partial charge in [0.15, 0.2) is 6.61 Å². The Morgan fingerprint density at radius 2 is 2.10 bits per heavy atom. The number of hydrogen-bond donors (Lipinski definition) is 2. The predicted octanol–water partition coefficient (Wildman–Crippen LogP) is 1.87. The highest BCUT2D eigenvalue weighted by Gasteiger charge is 2.06. The molecule has 0 aliphatic heterocycles. The Morgan fingerprint density at radius 1 is 1.40 bits per heavy atom. The number of anilines is 2. The maximum Gasteiger partial charge on any atom is 0.262 e. The van der Waals surface area contributed by atoms with Gasteiger partial charge < -0.3 is 15.8 Å². The third-order valence-electron chi connectivity index (χ3n) is 2.22. The van der Waals surface area contributed by atoms with Gasteiger partial charge in [0.1, 0.15) is 11.6 Å². The smallest absolute Gasteiger partial charge is 0.262 e. The fourth-order valence-corrected chi connectivity index (χ4v) is 1.43. The lowest BCUT2D eigenvalue weighted by atomic mass is 10.3. The molecular formula is C12H10ClFN4O2. The van der Waals surface area contributed by atoms with Crippen molar-refractivity contribution in [2.24, 2.45) is 0 Å². The van der Waals surface area contributed by atoms with E-state index in [1.807, 2.05) is 0 Å². The third-order valence-corrected chi connectivity index (χ3v) is 2.52. The Labute approximate surface area is 118 Å². The first-order valence-corrected chi connectivity index (χ1v) is 5.87. The summed E-state index contributed by atoms with van der Waals surface area (Å²) < 4.78 is 18.3. The Balaban J connectivity index is 1.88. The Hall–Kier alpha value is -2.41. The molecule has 1 aromatic heterocycles. The van der Waals surface area contributed by atoms with E-state index < -0.39 is 11.7 Å². The van der Waals surface area contributed by atoms with Crippen LogP contribution in [0.5, 0.6) is 5.75 Å². The number of amides is 1. The first-order valence-electron chi connectivity index (χ1n) is 5.50. The van der Waals surface area contributed by atoms with Gasteiger partial charge in [-0.15, -0.1) is 0 Å². The highest BCUT2D eigenvalue weighted by molar-refractivity contribution is 6.30. The van der Waals surface area contributed by atoms with Crippen molar-refractivity contribution in [3.05, 3.63) is 41.4 Å². The summed E-state index contributed by atoms with van der Waals surface area (Å²) in [5.41, 5.74) is 5.70. The molecule has 8 heteroatoms. The zero-order valence-electron chi connectivity index (χ0n) is 10.1. The molecule has 0 fully saturated rings. The van der Waals surface area contributed by atoms with Crippen molar-refractivity contribution in [3.8, 4) is 5.75 Å². The van der Waals surface area contributed by atoms with Crippen molar-refractivity contribution in [2.45, 2.75) is 0 Å². The van der Waals surface area contributed by atoms with E-state index in [-0.39, 0.29) is 23.3 Å². The van der Waals surface area contributed by atoms with Gasteiger partial charge in [0.2, 0.25) is 5.95 Å². The fraction of sp³-hybridized carbons (Fsp3) is 0.0833. The van der Waals surface area contributed by atoms with Gasteiger partial charge in [-0.05, 0) is 12.1 Å². The van der Waals surface area contributed by atoms with Gasteiger partial charge in [-0.3, -0.25) is 4.79 Å². The molecule has 0 bridgehead atoms. The molecule has 1 heterocycles. The molecule has 0 aliphatic rings. The predicted molar refractivity (Wildman–Crippen MR) is 72.0 cm³/mol. The lowest BCUT2D eigenvalue weighted by Crippen LogP contribution is -2.20. The van der Waals surface area contributed by atoms with E-state index in [1.54, 1.807) is 0 Å². The van der Waals surface area contributed by atoms with Gasteiger partial charge in [-0.1, -0.05) is 11.6 Å². The minimum atomic E-state index is -0.614. The van der Waals surface area contributed by atoms with Gasteiger partial charge >= 0.3 is 0 Å². The highest BCUT2D eigenvalue weighted by atomic mass is 35.5. The maximum atomic E-state index is 13.1. The standard InChI is InChI=1S/C12H10ClFN4O2/c13-9-2-1-8(3-10(9)14)20-6-11(19)18-7-4-16-12(15)17-5-7/h1-5H,6H2,(H,18,19)(H2,15,16,17). The van der Waals surface area contributed by atoms with E-state index in [0.717, 1.165) is 6.07 Å². The first kappa shape index (κ1) is 14.0. The number of nitrogens with zero attached hydrogens (tertiary/aromatic N) is 2. The Bertz CT molecular complexity index is 621. The number of rotatable bonds is 4. The summed E-state index contributed by atoms with van der Waals surface area (Å²) in [6, 6.07) is 3.91. The molecule has 0 radical (unpaired) electrons. The Morgan fingerprint density at radius 3 is 2.75 bits per heavy atom. The van der Waals surface area contributed by atoms with Crippen molar-refractivity contribution in [1.82, 2.24) is 9.97 Å². The zero-order valence-corrected chi connectivity index (χ0v) is 10.9. The molecule has 1 amide bonds. The summed E-state index contributed by atoms with van der Waals surface area (Å²) in [5, 5.41) is 2.49. The lowest BCUT2D eigenvalue weighted by molar-refractivity contribution is -0.118. The molecule has 0 atom stereocenters. The van der Waals surface area contributed by atoms with E-state index in [1.165, 1.54) is 24.5 Å². The number of aromatic nitrogens is 2. The number of carbonyl (C=O) groups is 1. The van der Waals surface area contributed by atoms with Crippen LogP contribution in [-0.2, 0) is 4.79 Å². The van der Waals surface area contributed by atoms with Crippen LogP contribution < -0.4 is 15.8 Å². The second kappa shape index (κ2) is 6.16. The van der Waals surface area contributed by atoms with Crippen LogP contribution in [0.1, 0.15) is 0 Å². The number of halogens is 2. The van der Waals surface area contributed by atoms with E-state index >= 15 is 0 Å². The van der Waals surface area contributed by atoms with Crippen molar-refractivity contribution in [1.29, 1.82) is 0 Å². The summed E-state index contributed by atoms with van der Waals surface area (Å²) in [7, 11) is 0. The van der Waals surface area contributed by atoms with Crippen LogP contribution >= 0.6 is 11.6 Å². The van der Waals surface area contributed by atoms with Crippen LogP contribution in [0.25, 0.3) is 0 Å². The largest absolute Gasteiger partial charge is 0.484 e. The molecule has 104 valence electrons. The molecule has 3 N–H and O–H groups in total. The molecule has 2 rings (SSSR count). The molecular weight excluding hydrogens is 287 g/mol. The van der Waals surface area contributed by atoms with Crippen LogP contribution in [0.15, 0.2) is 30.6 Å². The van der Waals surface area contributed by atoms with Crippen LogP contribution in [0.4, 0.5) is 16.0 Å². The van der Waals surface area contributed by atoms with Crippen molar-refractivity contribution in [2.75, 3.05) is 17.7 Å². The average Bonchev–Trinajstić information content (AvgIpc) is 2.43. The maximum absolute atomic E-state index is 13.1. The molecule has 0 saturated carbocycles. The second-order valence-corrected chi connectivity index (χ2v) is 4.15. The van der Waals surface area contributed by atoms with E-state index in [9.17, 15) is 9.18 Å². The number of benzene rings is 1. The van der Waals surface area contributed by atoms with Crippen LogP contribution in [0, 0.1) is 5.82 Å². The number of nitrogens with two attached hydrogens (primary N) is 1. The van der Waals surface area contributed by atoms with Gasteiger partial charge in [0.25, 0.3) is 5.91 Å². The minimum absolute atomic E-state index is 0.0131. The quantitative estimate of drug-likeness (QED) is 0.899. The molecule has 0 saturated heterocycles. The van der Waals surface area contributed by atoms with Gasteiger partial charge in [-0.2, -0.15) is 0 Å². The Kier molecular flexibility index (Phi) is 4.31. The molecule has 20 heavy (non-hydrogen) atoms. The fourth-order valence-electron chi connectivity index (χ4n) is 1.32. The van der Waals surface area contributed by atoms with Gasteiger partial charge in [-0.25, -0.2) is 14.4 Å². The number of ether oxygens (including phenoxy) is 1. The molecule has 2 aromatic rings. The van der Waals surface area contributed by atoms with E-state index in [2.05, 4.69) is 15.3 Å². The van der Waals surface area contributed by atoms with Gasteiger partial charge in [0.05, 0.1) is 23.1 Å². The van der Waals surface area contributed by atoms with E-state index in [4.69, 9.17) is 22.1 Å². The van der Waals surface area contributed by atoms with Crippen molar-refractivity contribution < 1.29 is 13.9 Å². The zero-order chi connectivity index (χ0) is 14.5. The second-order valence-electron chi connectivity index (χ2n) is 3.74. The number of hydrogen-bond acceptors (Lipinski definition) is 5. The van der Waals surface area contributed by atoms with Crippen molar-refractivity contribution in [3.63, 3.8) is 0 Å². The summed E-state index contributed by atoms with van der Waals surface area (Å²) in [4.78, 5) is 19.0. The monoisotopic (exact) mass is 296 g/mol. The summed E-state index contributed by atoms with van der Waals surface area (Å²) in [6.07, 6.45) is 2.73. The normalized spacial score (nSPS) is 10.1. The third kappa shape index (κ3) is 3.79. The average molecular weight is 297 g/mol. The highest BCUT2D eigenvalue weighted by Crippen LogP contribution is 2.20. The van der Waals surface area contributed by atoms with E-state index in [0.29, 0.717) is 5.69 Å². The summed E-state index contributed by atoms with van der Waals surface area (Å²) in [6.45, 7) is -0.286. The number of carbonyl (C=O) groups excluding carboxylic acids is 1.